The molecule has 30 heavy (non-hydrogen) atoms. The fourth-order valence-corrected chi connectivity index (χ4v) is 3.61. The Bertz CT molecular complexity index is 968. The maximum absolute atomic E-state index is 12.7. The highest BCUT2D eigenvalue weighted by Crippen LogP contribution is 2.28. The van der Waals surface area contributed by atoms with E-state index in [-0.39, 0.29) is 34.8 Å². The van der Waals surface area contributed by atoms with Crippen molar-refractivity contribution in [3.05, 3.63) is 41.6 Å². The second-order valence-electron chi connectivity index (χ2n) is 6.46. The van der Waals surface area contributed by atoms with Gasteiger partial charge in [-0.05, 0) is 31.9 Å². The summed E-state index contributed by atoms with van der Waals surface area (Å²) in [5.74, 6) is -1.59. The number of fused-ring (bicyclic) bond motifs is 1. The fraction of sp³-hybridized carbons (Fsp3) is 0.350. The van der Waals surface area contributed by atoms with Gasteiger partial charge in [-0.25, -0.2) is 14.8 Å². The zero-order valence-electron chi connectivity index (χ0n) is 16.7. The normalized spacial score (nSPS) is 13.5. The molecule has 0 aliphatic carbocycles. The lowest BCUT2D eigenvalue weighted by atomic mass is 10.2. The van der Waals surface area contributed by atoms with Gasteiger partial charge in [-0.1, -0.05) is 30.0 Å². The first-order chi connectivity index (χ1) is 14.4. The van der Waals surface area contributed by atoms with Crippen LogP contribution >= 0.6 is 11.8 Å². The Morgan fingerprint density at radius 3 is 2.80 bits per heavy atom. The fourth-order valence-electron chi connectivity index (χ4n) is 3.01. The summed E-state index contributed by atoms with van der Waals surface area (Å²) in [4.78, 5) is 46.2. The van der Waals surface area contributed by atoms with E-state index in [1.54, 1.807) is 18.7 Å². The average molecular weight is 430 g/mol. The highest BCUT2D eigenvalue weighted by atomic mass is 32.2. The second-order valence-corrected chi connectivity index (χ2v) is 7.40. The average Bonchev–Trinajstić information content (AvgIpc) is 3.16. The van der Waals surface area contributed by atoms with Gasteiger partial charge in [0.15, 0.2) is 11.3 Å². The molecule has 1 aromatic carbocycles. The molecule has 1 aliphatic heterocycles. The molecule has 2 aromatic rings. The number of nitrogens with two attached hydrogens (primary N) is 1. The van der Waals surface area contributed by atoms with E-state index in [2.05, 4.69) is 9.97 Å². The summed E-state index contributed by atoms with van der Waals surface area (Å²) in [6, 6.07) is 7.67. The molecule has 10 heteroatoms. The molecule has 158 valence electrons. The van der Waals surface area contributed by atoms with Gasteiger partial charge in [0.25, 0.3) is 5.91 Å². The summed E-state index contributed by atoms with van der Waals surface area (Å²) < 4.78 is 10.1. The zero-order chi connectivity index (χ0) is 21.7. The Morgan fingerprint density at radius 2 is 2.07 bits per heavy atom. The van der Waals surface area contributed by atoms with E-state index in [1.165, 1.54) is 6.20 Å². The van der Waals surface area contributed by atoms with E-state index in [9.17, 15) is 14.4 Å². The van der Waals surface area contributed by atoms with Crippen molar-refractivity contribution in [2.75, 3.05) is 29.5 Å². The number of hydrogen-bond donors (Lipinski definition) is 1. The molecule has 0 saturated heterocycles. The number of para-hydroxylation sites is 1. The van der Waals surface area contributed by atoms with Crippen molar-refractivity contribution in [1.29, 1.82) is 0 Å². The SMILES string of the molecule is CCOC(=O)c1cnc(SCC(=O)O[C@H](C)C(=O)N2CCc3ccccc32)nc1N. The lowest BCUT2D eigenvalue weighted by molar-refractivity contribution is -0.151. The predicted octanol–water partition coefficient (Wildman–Crippen LogP) is 1.85. The van der Waals surface area contributed by atoms with Crippen LogP contribution < -0.4 is 10.6 Å². The number of aromatic nitrogens is 2. The zero-order valence-corrected chi connectivity index (χ0v) is 17.5. The van der Waals surface area contributed by atoms with Gasteiger partial charge in [-0.3, -0.25) is 9.59 Å². The first-order valence-corrected chi connectivity index (χ1v) is 10.4. The van der Waals surface area contributed by atoms with E-state index >= 15 is 0 Å². The number of carbonyl (C=O) groups excluding carboxylic acids is 3. The molecule has 1 amide bonds. The molecule has 0 radical (unpaired) electrons. The molecule has 0 saturated carbocycles. The third-order valence-corrected chi connectivity index (χ3v) is 5.25. The maximum atomic E-state index is 12.7. The van der Waals surface area contributed by atoms with E-state index in [4.69, 9.17) is 15.2 Å². The molecule has 0 bridgehead atoms. The van der Waals surface area contributed by atoms with E-state index in [1.807, 2.05) is 24.3 Å². The summed E-state index contributed by atoms with van der Waals surface area (Å²) in [5, 5.41) is 0.213. The highest BCUT2D eigenvalue weighted by molar-refractivity contribution is 7.99. The van der Waals surface area contributed by atoms with Gasteiger partial charge in [0.1, 0.15) is 11.4 Å². The minimum absolute atomic E-state index is 0.0319. The van der Waals surface area contributed by atoms with Gasteiger partial charge in [-0.15, -0.1) is 0 Å². The van der Waals surface area contributed by atoms with Crippen molar-refractivity contribution in [3.8, 4) is 0 Å². The monoisotopic (exact) mass is 430 g/mol. The van der Waals surface area contributed by atoms with Crippen LogP contribution in [-0.4, -0.2) is 52.8 Å². The van der Waals surface area contributed by atoms with Crippen molar-refractivity contribution in [2.45, 2.75) is 31.5 Å². The van der Waals surface area contributed by atoms with Crippen LogP contribution in [0, 0.1) is 0 Å². The molecule has 1 aromatic heterocycles. The van der Waals surface area contributed by atoms with Crippen LogP contribution in [0.15, 0.2) is 35.6 Å². The summed E-state index contributed by atoms with van der Waals surface area (Å²) in [6.45, 7) is 4.00. The molecule has 1 atom stereocenters. The minimum atomic E-state index is -0.915. The summed E-state index contributed by atoms with van der Waals surface area (Å²) in [5.41, 5.74) is 7.77. The van der Waals surface area contributed by atoms with Gasteiger partial charge in [-0.2, -0.15) is 0 Å². The van der Waals surface area contributed by atoms with E-state index in [0.29, 0.717) is 6.54 Å². The maximum Gasteiger partial charge on any atom is 0.343 e. The van der Waals surface area contributed by atoms with Gasteiger partial charge in [0.05, 0.1) is 12.4 Å². The molecule has 0 spiro atoms. The number of esters is 2. The number of anilines is 2. The molecule has 0 unspecified atom stereocenters. The van der Waals surface area contributed by atoms with Crippen LogP contribution in [-0.2, 0) is 25.5 Å². The molecule has 2 N–H and O–H groups in total. The standard InChI is InChI=1S/C20H22N4O5S/c1-3-28-19(27)14-10-22-20(23-17(14)21)30-11-16(25)29-12(2)18(26)24-9-8-13-6-4-5-7-15(13)24/h4-7,10,12H,3,8-9,11H2,1-2H3,(H2,21,22,23)/t12-/m1/s1. The number of amides is 1. The largest absolute Gasteiger partial charge is 0.462 e. The molecular weight excluding hydrogens is 408 g/mol. The van der Waals surface area contributed by atoms with Gasteiger partial charge in [0.2, 0.25) is 0 Å². The Hall–Kier alpha value is -3.14. The number of carbonyl (C=O) groups is 3. The van der Waals surface area contributed by atoms with Gasteiger partial charge < -0.3 is 20.1 Å². The van der Waals surface area contributed by atoms with Crippen LogP contribution in [0.3, 0.4) is 0 Å². The number of nitrogen functional groups attached to an aromatic ring is 1. The lowest BCUT2D eigenvalue weighted by Crippen LogP contribution is -2.39. The van der Waals surface area contributed by atoms with Crippen LogP contribution in [0.5, 0.6) is 0 Å². The Kier molecular flexibility index (Phi) is 6.88. The van der Waals surface area contributed by atoms with Crippen molar-refractivity contribution < 1.29 is 23.9 Å². The number of rotatable bonds is 7. The molecule has 1 aliphatic rings. The Morgan fingerprint density at radius 1 is 1.30 bits per heavy atom. The van der Waals surface area contributed by atoms with E-state index < -0.39 is 18.0 Å². The van der Waals surface area contributed by atoms with E-state index in [0.717, 1.165) is 29.4 Å². The topological polar surface area (TPSA) is 125 Å². The first kappa shape index (κ1) is 21.6. The lowest BCUT2D eigenvalue weighted by Gasteiger charge is -2.21. The van der Waals surface area contributed by atoms with Crippen LogP contribution in [0.4, 0.5) is 11.5 Å². The molecule has 3 rings (SSSR count). The first-order valence-electron chi connectivity index (χ1n) is 9.42. The smallest absolute Gasteiger partial charge is 0.343 e. The number of thioether (sulfide) groups is 1. The van der Waals surface area contributed by atoms with Gasteiger partial charge in [0, 0.05) is 18.4 Å². The number of hydrogen-bond acceptors (Lipinski definition) is 9. The van der Waals surface area contributed by atoms with Gasteiger partial charge >= 0.3 is 11.9 Å². The number of benzene rings is 1. The highest BCUT2D eigenvalue weighted by Gasteiger charge is 2.29. The molecule has 9 nitrogen and oxygen atoms in total. The van der Waals surface area contributed by atoms with Crippen LogP contribution in [0.25, 0.3) is 0 Å². The number of nitrogens with zero attached hydrogens (tertiary/aromatic N) is 3. The molecular formula is C20H22N4O5S. The second kappa shape index (κ2) is 9.57. The Labute approximate surface area is 178 Å². The minimum Gasteiger partial charge on any atom is -0.462 e. The number of ether oxygens (including phenoxy) is 2. The van der Waals surface area contributed by atoms with Crippen LogP contribution in [0.2, 0.25) is 0 Å². The van der Waals surface area contributed by atoms with Crippen molar-refractivity contribution in [3.63, 3.8) is 0 Å². The van der Waals surface area contributed by atoms with Crippen molar-refractivity contribution in [2.24, 2.45) is 0 Å². The Balaban J connectivity index is 1.53. The summed E-state index contributed by atoms with van der Waals surface area (Å²) >= 11 is 0.997. The third-order valence-electron chi connectivity index (χ3n) is 4.42. The van der Waals surface area contributed by atoms with Crippen LogP contribution in [0.1, 0.15) is 29.8 Å². The third kappa shape index (κ3) is 4.88. The summed E-state index contributed by atoms with van der Waals surface area (Å²) in [7, 11) is 0. The molecule has 0 fully saturated rings. The quantitative estimate of drug-likeness (QED) is 0.398. The molecule has 2 heterocycles. The summed E-state index contributed by atoms with van der Waals surface area (Å²) in [6.07, 6.45) is 1.12. The van der Waals surface area contributed by atoms with Crippen molar-refractivity contribution >= 4 is 41.1 Å². The predicted molar refractivity (Wildman–Crippen MR) is 111 cm³/mol. The van der Waals surface area contributed by atoms with Crippen molar-refractivity contribution in [1.82, 2.24) is 9.97 Å².